The van der Waals surface area contributed by atoms with Gasteiger partial charge in [0.25, 0.3) is 0 Å². The van der Waals surface area contributed by atoms with Gasteiger partial charge in [-0.25, -0.2) is 0 Å². The van der Waals surface area contributed by atoms with E-state index in [1.807, 2.05) is 24.3 Å². The first-order chi connectivity index (χ1) is 7.66. The molecule has 0 spiro atoms. The van der Waals surface area contributed by atoms with Crippen LogP contribution in [-0.2, 0) is 0 Å². The molecule has 1 heterocycles. The molecule has 0 aliphatic carbocycles. The maximum Gasteiger partial charge on any atom is 0.112 e. The molecule has 0 saturated carbocycles. The number of nitrogens with zero attached hydrogens (tertiary/aromatic N) is 1. The Morgan fingerprint density at radius 3 is 2.94 bits per heavy atom. The van der Waals surface area contributed by atoms with Crippen LogP contribution >= 0.6 is 15.9 Å². The van der Waals surface area contributed by atoms with Crippen LogP contribution in [0.2, 0.25) is 0 Å². The van der Waals surface area contributed by atoms with E-state index < -0.39 is 6.10 Å². The summed E-state index contributed by atoms with van der Waals surface area (Å²) in [5.74, 6) is 5.69. The van der Waals surface area contributed by atoms with Crippen LogP contribution in [0.3, 0.4) is 0 Å². The van der Waals surface area contributed by atoms with Crippen molar-refractivity contribution in [3.05, 3.63) is 40.5 Å². The summed E-state index contributed by atoms with van der Waals surface area (Å²) in [5, 5.41) is 10.1. The van der Waals surface area contributed by atoms with E-state index >= 15 is 0 Å². The molecule has 2 rings (SSSR count). The fourth-order valence-electron chi connectivity index (χ4n) is 1.41. The number of hydrogen-bond donors (Lipinski definition) is 1. The first-order valence-corrected chi connectivity index (χ1v) is 5.70. The highest BCUT2D eigenvalue weighted by Gasteiger charge is 2.00. The number of pyridine rings is 1. The number of aliphatic hydroxyl groups is 1. The highest BCUT2D eigenvalue weighted by atomic mass is 79.9. The standard InChI is InChI=1S/C13H10BrNO/c1-9(16)2-3-10-6-7-15-13-5-4-11(14)8-12(10)13/h4-9,16H,1H3/t9-/m1/s1. The van der Waals surface area contributed by atoms with Crippen LogP contribution in [0.5, 0.6) is 0 Å². The van der Waals surface area contributed by atoms with Crippen molar-refractivity contribution >= 4 is 26.8 Å². The second-order valence-electron chi connectivity index (χ2n) is 3.47. The minimum atomic E-state index is -0.615. The Labute approximate surface area is 102 Å². The van der Waals surface area contributed by atoms with Crippen molar-refractivity contribution in [1.82, 2.24) is 4.98 Å². The lowest BCUT2D eigenvalue weighted by Gasteiger charge is -2.00. The average Bonchev–Trinajstić information content (AvgIpc) is 2.26. The summed E-state index contributed by atoms with van der Waals surface area (Å²) in [6.07, 6.45) is 1.11. The molecule has 80 valence electrons. The van der Waals surface area contributed by atoms with Crippen LogP contribution in [0.25, 0.3) is 10.9 Å². The van der Waals surface area contributed by atoms with Crippen LogP contribution in [0.4, 0.5) is 0 Å². The van der Waals surface area contributed by atoms with Crippen molar-refractivity contribution < 1.29 is 5.11 Å². The molecule has 1 aromatic heterocycles. The van der Waals surface area contributed by atoms with Crippen molar-refractivity contribution in [3.63, 3.8) is 0 Å². The Morgan fingerprint density at radius 1 is 1.38 bits per heavy atom. The van der Waals surface area contributed by atoms with Gasteiger partial charge in [-0.2, -0.15) is 0 Å². The van der Waals surface area contributed by atoms with Crippen LogP contribution in [0, 0.1) is 11.8 Å². The number of aliphatic hydroxyl groups excluding tert-OH is 1. The zero-order valence-electron chi connectivity index (χ0n) is 8.74. The van der Waals surface area contributed by atoms with Gasteiger partial charge in [-0.05, 0) is 31.2 Å². The molecule has 16 heavy (non-hydrogen) atoms. The van der Waals surface area contributed by atoms with E-state index in [4.69, 9.17) is 5.11 Å². The molecule has 1 N–H and O–H groups in total. The van der Waals surface area contributed by atoms with Crippen LogP contribution in [-0.4, -0.2) is 16.2 Å². The lowest BCUT2D eigenvalue weighted by atomic mass is 10.1. The minimum Gasteiger partial charge on any atom is -0.381 e. The highest BCUT2D eigenvalue weighted by Crippen LogP contribution is 2.20. The molecule has 0 aliphatic rings. The number of hydrogen-bond acceptors (Lipinski definition) is 2. The third kappa shape index (κ3) is 2.41. The summed E-state index contributed by atoms with van der Waals surface area (Å²) in [6, 6.07) is 7.72. The van der Waals surface area contributed by atoms with Crippen LogP contribution in [0.15, 0.2) is 34.9 Å². The van der Waals surface area contributed by atoms with Gasteiger partial charge >= 0.3 is 0 Å². The molecule has 0 radical (unpaired) electrons. The molecule has 0 fully saturated rings. The minimum absolute atomic E-state index is 0.615. The molecule has 0 aliphatic heterocycles. The number of rotatable bonds is 0. The molecule has 0 amide bonds. The van der Waals surface area contributed by atoms with Gasteiger partial charge in [-0.3, -0.25) is 4.98 Å². The van der Waals surface area contributed by atoms with Crippen LogP contribution < -0.4 is 0 Å². The molecule has 1 atom stereocenters. The Bertz CT molecular complexity index is 581. The quantitative estimate of drug-likeness (QED) is 0.750. The van der Waals surface area contributed by atoms with E-state index in [0.29, 0.717) is 0 Å². The van der Waals surface area contributed by atoms with Gasteiger partial charge < -0.3 is 5.11 Å². The lowest BCUT2D eigenvalue weighted by Crippen LogP contribution is -1.93. The Morgan fingerprint density at radius 2 is 2.19 bits per heavy atom. The maximum absolute atomic E-state index is 9.14. The first-order valence-electron chi connectivity index (χ1n) is 4.91. The van der Waals surface area contributed by atoms with Gasteiger partial charge in [0, 0.05) is 21.6 Å². The SMILES string of the molecule is C[C@@H](O)C#Cc1ccnc2ccc(Br)cc12. The van der Waals surface area contributed by atoms with Crippen LogP contribution in [0.1, 0.15) is 12.5 Å². The smallest absolute Gasteiger partial charge is 0.112 e. The van der Waals surface area contributed by atoms with Crippen molar-refractivity contribution in [2.75, 3.05) is 0 Å². The third-order valence-electron chi connectivity index (χ3n) is 2.12. The van der Waals surface area contributed by atoms with Crippen molar-refractivity contribution in [1.29, 1.82) is 0 Å². The molecule has 2 nitrogen and oxygen atoms in total. The third-order valence-corrected chi connectivity index (χ3v) is 2.61. The maximum atomic E-state index is 9.14. The second-order valence-corrected chi connectivity index (χ2v) is 4.38. The van der Waals surface area contributed by atoms with Crippen molar-refractivity contribution in [2.45, 2.75) is 13.0 Å². The van der Waals surface area contributed by atoms with Gasteiger partial charge in [-0.1, -0.05) is 27.8 Å². The van der Waals surface area contributed by atoms with Gasteiger partial charge in [-0.15, -0.1) is 0 Å². The monoisotopic (exact) mass is 275 g/mol. The summed E-state index contributed by atoms with van der Waals surface area (Å²) in [5.41, 5.74) is 1.78. The van der Waals surface area contributed by atoms with Gasteiger partial charge in [0.2, 0.25) is 0 Å². The molecular weight excluding hydrogens is 266 g/mol. The van der Waals surface area contributed by atoms with Gasteiger partial charge in [0.15, 0.2) is 0 Å². The fourth-order valence-corrected chi connectivity index (χ4v) is 1.77. The molecule has 3 heteroatoms. The van der Waals surface area contributed by atoms with E-state index in [0.717, 1.165) is 20.9 Å². The van der Waals surface area contributed by atoms with E-state index in [2.05, 4.69) is 32.8 Å². The van der Waals surface area contributed by atoms with E-state index in [9.17, 15) is 0 Å². The summed E-state index contributed by atoms with van der Waals surface area (Å²) < 4.78 is 0.994. The predicted octanol–water partition coefficient (Wildman–Crippen LogP) is 2.73. The van der Waals surface area contributed by atoms with Crippen molar-refractivity contribution in [2.24, 2.45) is 0 Å². The molecule has 1 aromatic carbocycles. The zero-order chi connectivity index (χ0) is 11.5. The Balaban J connectivity index is 2.62. The second kappa shape index (κ2) is 4.65. The lowest BCUT2D eigenvalue weighted by molar-refractivity contribution is 0.253. The molecule has 0 unspecified atom stereocenters. The topological polar surface area (TPSA) is 33.1 Å². The van der Waals surface area contributed by atoms with E-state index in [-0.39, 0.29) is 0 Å². The van der Waals surface area contributed by atoms with Gasteiger partial charge in [0.1, 0.15) is 6.10 Å². The molecule has 2 aromatic rings. The Hall–Kier alpha value is -1.37. The summed E-state index contributed by atoms with van der Waals surface area (Å²) >= 11 is 3.42. The number of halogens is 1. The highest BCUT2D eigenvalue weighted by molar-refractivity contribution is 9.10. The zero-order valence-corrected chi connectivity index (χ0v) is 10.3. The first kappa shape index (κ1) is 11.1. The summed E-state index contributed by atoms with van der Waals surface area (Å²) in [6.45, 7) is 1.65. The number of aromatic nitrogens is 1. The number of fused-ring (bicyclic) bond motifs is 1. The van der Waals surface area contributed by atoms with E-state index in [1.165, 1.54) is 0 Å². The largest absolute Gasteiger partial charge is 0.381 e. The molecule has 0 saturated heterocycles. The van der Waals surface area contributed by atoms with Gasteiger partial charge in [0.05, 0.1) is 5.52 Å². The van der Waals surface area contributed by atoms with E-state index in [1.54, 1.807) is 13.1 Å². The number of benzene rings is 1. The average molecular weight is 276 g/mol. The predicted molar refractivity (Wildman–Crippen MR) is 68.0 cm³/mol. The molecule has 0 bridgehead atoms. The fraction of sp³-hybridized carbons (Fsp3) is 0.154. The Kier molecular flexibility index (Phi) is 3.23. The molecular formula is C13H10BrNO. The normalized spacial score (nSPS) is 11.9. The van der Waals surface area contributed by atoms with Crippen molar-refractivity contribution in [3.8, 4) is 11.8 Å². The summed E-state index contributed by atoms with van der Waals surface area (Å²) in [4.78, 5) is 4.26. The summed E-state index contributed by atoms with van der Waals surface area (Å²) in [7, 11) is 0.